The first-order chi connectivity index (χ1) is 18.4. The molecule has 1 atom stereocenters. The molecule has 2 aromatic carbocycles. The third-order valence-electron chi connectivity index (χ3n) is 5.79. The van der Waals surface area contributed by atoms with E-state index < -0.39 is 12.0 Å². The molecule has 1 N–H and O–H groups in total. The Morgan fingerprint density at radius 2 is 1.97 bits per heavy atom. The van der Waals surface area contributed by atoms with Crippen molar-refractivity contribution in [2.24, 2.45) is 0 Å². The predicted molar refractivity (Wildman–Crippen MR) is 153 cm³/mol. The van der Waals surface area contributed by atoms with Crippen molar-refractivity contribution in [3.63, 3.8) is 0 Å². The van der Waals surface area contributed by atoms with Gasteiger partial charge in [-0.1, -0.05) is 49.3 Å². The van der Waals surface area contributed by atoms with Gasteiger partial charge in [0, 0.05) is 16.5 Å². The van der Waals surface area contributed by atoms with Crippen LogP contribution in [-0.2, 0) is 16.1 Å². The summed E-state index contributed by atoms with van der Waals surface area (Å²) in [6, 6.07) is 10.7. The average Bonchev–Trinajstić information content (AvgIpc) is 3.31. The summed E-state index contributed by atoms with van der Waals surface area (Å²) in [6.07, 6.45) is 1.72. The van der Waals surface area contributed by atoms with E-state index in [9.17, 15) is 4.79 Å². The van der Waals surface area contributed by atoms with Crippen LogP contribution < -0.4 is 14.8 Å². The maximum absolute atomic E-state index is 13.3. The maximum atomic E-state index is 13.3. The minimum absolute atomic E-state index is 0.328. The molecule has 4 rings (SSSR count). The second kappa shape index (κ2) is 12.9. The van der Waals surface area contributed by atoms with Gasteiger partial charge in [-0.15, -0.1) is 5.10 Å². The molecule has 0 spiro atoms. The van der Waals surface area contributed by atoms with Crippen LogP contribution in [-0.4, -0.2) is 40.2 Å². The number of halogens is 2. The zero-order chi connectivity index (χ0) is 27.2. The zero-order valence-electron chi connectivity index (χ0n) is 21.7. The van der Waals surface area contributed by atoms with Crippen LogP contribution >= 0.6 is 39.3 Å². The summed E-state index contributed by atoms with van der Waals surface area (Å²) in [6.45, 7) is 6.58. The van der Waals surface area contributed by atoms with Gasteiger partial charge in [0.2, 0.25) is 11.1 Å². The zero-order valence-corrected chi connectivity index (χ0v) is 24.9. The van der Waals surface area contributed by atoms with Crippen LogP contribution in [0.3, 0.4) is 0 Å². The van der Waals surface area contributed by atoms with E-state index in [1.807, 2.05) is 50.2 Å². The summed E-state index contributed by atoms with van der Waals surface area (Å²) >= 11 is 11.2. The fraction of sp³-hybridized carbons (Fsp3) is 0.370. The molecular formula is C27H30BrClN4O4S. The van der Waals surface area contributed by atoms with Crippen LogP contribution in [0.5, 0.6) is 11.5 Å². The van der Waals surface area contributed by atoms with Crippen molar-refractivity contribution in [2.75, 3.05) is 24.8 Å². The van der Waals surface area contributed by atoms with Gasteiger partial charge in [0.15, 0.2) is 11.5 Å². The molecule has 202 valence electrons. The minimum atomic E-state index is -0.574. The Bertz CT molecular complexity index is 1330. The molecule has 1 aromatic heterocycles. The number of aromatic nitrogens is 3. The molecule has 2 heterocycles. The number of fused-ring (bicyclic) bond motifs is 1. The number of anilines is 1. The molecule has 0 fully saturated rings. The molecule has 11 heteroatoms. The monoisotopic (exact) mass is 620 g/mol. The molecule has 1 aliphatic rings. The van der Waals surface area contributed by atoms with Crippen molar-refractivity contribution >= 4 is 51.2 Å². The van der Waals surface area contributed by atoms with Gasteiger partial charge >= 0.3 is 5.97 Å². The lowest BCUT2D eigenvalue weighted by Gasteiger charge is -2.28. The van der Waals surface area contributed by atoms with E-state index in [1.54, 1.807) is 23.6 Å². The molecular weight excluding hydrogens is 592 g/mol. The summed E-state index contributed by atoms with van der Waals surface area (Å²) in [4.78, 5) is 17.9. The molecule has 1 aliphatic heterocycles. The van der Waals surface area contributed by atoms with Crippen LogP contribution in [0.2, 0.25) is 5.02 Å². The van der Waals surface area contributed by atoms with Gasteiger partial charge in [-0.2, -0.15) is 4.98 Å². The number of benzene rings is 2. The molecule has 0 bridgehead atoms. The van der Waals surface area contributed by atoms with Crippen molar-refractivity contribution in [3.8, 4) is 11.5 Å². The van der Waals surface area contributed by atoms with Crippen LogP contribution in [0.15, 0.2) is 57.3 Å². The Morgan fingerprint density at radius 1 is 1.21 bits per heavy atom. The number of ether oxygens (including phenoxy) is 3. The molecule has 0 saturated heterocycles. The number of carbonyl (C=O) groups excluding carboxylic acids is 1. The number of allylic oxidation sites excluding steroid dienone is 1. The van der Waals surface area contributed by atoms with E-state index in [2.05, 4.69) is 33.2 Å². The minimum Gasteiger partial charge on any atom is -0.493 e. The number of esters is 1. The Balaban J connectivity index is 1.74. The number of rotatable bonds is 11. The van der Waals surface area contributed by atoms with Gasteiger partial charge in [0.25, 0.3) is 0 Å². The number of nitrogens with zero attached hydrogens (tertiary/aromatic N) is 3. The molecule has 0 aliphatic carbocycles. The third kappa shape index (κ3) is 6.30. The number of hydrogen-bond donors (Lipinski definition) is 1. The largest absolute Gasteiger partial charge is 0.493 e. The van der Waals surface area contributed by atoms with Gasteiger partial charge in [0.05, 0.1) is 23.8 Å². The SMILES string of the molecule is CCCOC(=O)C1=C(C)Nc2nc(SCCC)nn2C1c1cc(Br)c(OCc2ccc(Cl)cc2)c(OC)c1. The lowest BCUT2D eigenvalue weighted by Crippen LogP contribution is -2.30. The first-order valence-electron chi connectivity index (χ1n) is 12.3. The molecule has 8 nitrogen and oxygen atoms in total. The highest BCUT2D eigenvalue weighted by Gasteiger charge is 2.36. The molecule has 3 aromatic rings. The molecule has 0 saturated carbocycles. The van der Waals surface area contributed by atoms with Gasteiger partial charge in [-0.05, 0) is 71.1 Å². The first-order valence-corrected chi connectivity index (χ1v) is 14.5. The summed E-state index contributed by atoms with van der Waals surface area (Å²) in [5.74, 6) is 2.13. The van der Waals surface area contributed by atoms with Crippen molar-refractivity contribution < 1.29 is 19.0 Å². The number of thioether (sulfide) groups is 1. The number of methoxy groups -OCH3 is 1. The van der Waals surface area contributed by atoms with Gasteiger partial charge in [-0.25, -0.2) is 9.48 Å². The van der Waals surface area contributed by atoms with Crippen molar-refractivity contribution in [2.45, 2.75) is 51.4 Å². The fourth-order valence-corrected chi connectivity index (χ4v) is 5.39. The van der Waals surface area contributed by atoms with Crippen LogP contribution in [0.1, 0.15) is 50.8 Å². The number of carbonyl (C=O) groups is 1. The van der Waals surface area contributed by atoms with E-state index in [0.717, 1.165) is 29.7 Å². The highest BCUT2D eigenvalue weighted by molar-refractivity contribution is 9.10. The summed E-state index contributed by atoms with van der Waals surface area (Å²) in [7, 11) is 1.58. The molecule has 1 unspecified atom stereocenters. The standard InChI is InChI=1S/C27H30BrClN4O4S/c1-5-11-36-25(34)22-16(3)30-26-31-27(38-12-6-2)32-33(26)23(22)18-13-20(28)24(21(14-18)35-4)37-15-17-7-9-19(29)10-8-17/h7-10,13-14,23H,5-6,11-12,15H2,1-4H3,(H,30,31,32). The van der Waals surface area contributed by atoms with Crippen molar-refractivity contribution in [1.82, 2.24) is 14.8 Å². The van der Waals surface area contributed by atoms with Gasteiger partial charge in [-0.3, -0.25) is 0 Å². The van der Waals surface area contributed by atoms with E-state index in [0.29, 0.717) is 56.6 Å². The summed E-state index contributed by atoms with van der Waals surface area (Å²) in [5, 5.41) is 9.30. The van der Waals surface area contributed by atoms with E-state index >= 15 is 0 Å². The molecule has 0 radical (unpaired) electrons. The Kier molecular flexibility index (Phi) is 9.62. The smallest absolute Gasteiger partial charge is 0.338 e. The highest BCUT2D eigenvalue weighted by atomic mass is 79.9. The third-order valence-corrected chi connectivity index (χ3v) is 7.67. The topological polar surface area (TPSA) is 87.5 Å². The first kappa shape index (κ1) is 28.3. The Morgan fingerprint density at radius 3 is 2.66 bits per heavy atom. The quantitative estimate of drug-likeness (QED) is 0.180. The Labute approximate surface area is 240 Å². The van der Waals surface area contributed by atoms with Crippen LogP contribution in [0.25, 0.3) is 0 Å². The van der Waals surface area contributed by atoms with Gasteiger partial charge in [0.1, 0.15) is 12.6 Å². The van der Waals surface area contributed by atoms with E-state index in [1.165, 1.54) is 0 Å². The summed E-state index contributed by atoms with van der Waals surface area (Å²) < 4.78 is 19.8. The number of nitrogens with one attached hydrogen (secondary N) is 1. The second-order valence-electron chi connectivity index (χ2n) is 8.66. The van der Waals surface area contributed by atoms with Crippen molar-refractivity contribution in [1.29, 1.82) is 0 Å². The maximum Gasteiger partial charge on any atom is 0.338 e. The lowest BCUT2D eigenvalue weighted by atomic mass is 9.95. The normalized spacial score (nSPS) is 14.6. The van der Waals surface area contributed by atoms with Crippen LogP contribution in [0, 0.1) is 0 Å². The van der Waals surface area contributed by atoms with Gasteiger partial charge < -0.3 is 19.5 Å². The van der Waals surface area contributed by atoms with Crippen molar-refractivity contribution in [3.05, 3.63) is 68.3 Å². The molecule has 0 amide bonds. The summed E-state index contributed by atoms with van der Waals surface area (Å²) in [5.41, 5.74) is 2.87. The van der Waals surface area contributed by atoms with E-state index in [4.69, 9.17) is 30.9 Å². The fourth-order valence-electron chi connectivity index (χ4n) is 4.00. The molecule has 38 heavy (non-hydrogen) atoms. The second-order valence-corrected chi connectivity index (χ2v) is 11.0. The van der Waals surface area contributed by atoms with E-state index in [-0.39, 0.29) is 0 Å². The Hall–Kier alpha value is -2.69. The predicted octanol–water partition coefficient (Wildman–Crippen LogP) is 7.03. The lowest BCUT2D eigenvalue weighted by molar-refractivity contribution is -0.139. The van der Waals surface area contributed by atoms with Crippen LogP contribution in [0.4, 0.5) is 5.95 Å². The average molecular weight is 622 g/mol. The number of hydrogen-bond acceptors (Lipinski definition) is 8. The highest BCUT2D eigenvalue weighted by Crippen LogP contribution is 2.43.